The third-order valence-electron chi connectivity index (χ3n) is 7.38. The summed E-state index contributed by atoms with van der Waals surface area (Å²) in [6, 6.07) is 6.92. The molecule has 4 N–H and O–H groups in total. The molecule has 1 saturated heterocycles. The number of nitrogens with one attached hydrogen (secondary N) is 2. The van der Waals surface area contributed by atoms with E-state index in [1.165, 1.54) is 5.56 Å². The molecule has 3 aliphatic rings. The van der Waals surface area contributed by atoms with E-state index >= 15 is 0 Å². The monoisotopic (exact) mass is 468 g/mol. The molecule has 2 aliphatic heterocycles. The molecule has 0 amide bonds. The SMILES string of the molecule is COc1cc(C2(N)N=C(NC3(C)CC3)c3c(C)csc3N2)ccc1N1CCC(N(C)C)CC1. The lowest BCUT2D eigenvalue weighted by molar-refractivity contribution is 0.249. The maximum atomic E-state index is 6.93. The Balaban J connectivity index is 1.45. The Morgan fingerprint density at radius 1 is 1.27 bits per heavy atom. The number of piperidine rings is 1. The molecule has 5 rings (SSSR count). The number of ether oxygens (including phenoxy) is 1. The highest BCUT2D eigenvalue weighted by Crippen LogP contribution is 2.42. The lowest BCUT2D eigenvalue weighted by atomic mass is 10.0. The van der Waals surface area contributed by atoms with Gasteiger partial charge >= 0.3 is 0 Å². The van der Waals surface area contributed by atoms with Gasteiger partial charge in [0.05, 0.1) is 18.4 Å². The van der Waals surface area contributed by atoms with Gasteiger partial charge in [0.15, 0.2) is 0 Å². The minimum Gasteiger partial charge on any atom is -0.495 e. The molecule has 0 bridgehead atoms. The van der Waals surface area contributed by atoms with Gasteiger partial charge in [-0.2, -0.15) is 0 Å². The van der Waals surface area contributed by atoms with Crippen molar-refractivity contribution in [1.82, 2.24) is 10.2 Å². The molecular weight excluding hydrogens is 432 g/mol. The number of rotatable bonds is 5. The minimum absolute atomic E-state index is 0.114. The average Bonchev–Trinajstić information content (AvgIpc) is 3.41. The summed E-state index contributed by atoms with van der Waals surface area (Å²) < 4.78 is 5.84. The quantitative estimate of drug-likeness (QED) is 0.621. The normalized spacial score (nSPS) is 24.2. The van der Waals surface area contributed by atoms with E-state index in [1.54, 1.807) is 18.4 Å². The predicted octanol–water partition coefficient (Wildman–Crippen LogP) is 3.68. The molecule has 0 radical (unpaired) electrons. The molecule has 2 aromatic rings. The van der Waals surface area contributed by atoms with Gasteiger partial charge in [0.1, 0.15) is 16.6 Å². The van der Waals surface area contributed by atoms with Gasteiger partial charge in [-0.25, -0.2) is 4.99 Å². The van der Waals surface area contributed by atoms with Crippen LogP contribution in [0.2, 0.25) is 0 Å². The molecule has 33 heavy (non-hydrogen) atoms. The van der Waals surface area contributed by atoms with Gasteiger partial charge in [0.2, 0.25) is 5.79 Å². The van der Waals surface area contributed by atoms with Crippen molar-refractivity contribution in [3.8, 4) is 5.75 Å². The lowest BCUT2D eigenvalue weighted by Crippen LogP contribution is -2.49. The molecule has 8 heteroatoms. The third-order valence-corrected chi connectivity index (χ3v) is 8.39. The Labute approximate surface area is 201 Å². The van der Waals surface area contributed by atoms with Crippen LogP contribution in [-0.2, 0) is 5.79 Å². The fraction of sp³-hybridized carbons (Fsp3) is 0.560. The first-order valence-corrected chi connectivity index (χ1v) is 12.7. The van der Waals surface area contributed by atoms with Gasteiger partial charge in [-0.1, -0.05) is 6.07 Å². The van der Waals surface area contributed by atoms with Crippen molar-refractivity contribution in [2.75, 3.05) is 44.5 Å². The van der Waals surface area contributed by atoms with Crippen molar-refractivity contribution in [3.63, 3.8) is 0 Å². The van der Waals surface area contributed by atoms with Crippen molar-refractivity contribution >= 4 is 27.9 Å². The van der Waals surface area contributed by atoms with E-state index < -0.39 is 5.79 Å². The molecule has 1 aliphatic carbocycles. The number of thiophene rings is 1. The summed E-state index contributed by atoms with van der Waals surface area (Å²) in [5.41, 5.74) is 11.4. The van der Waals surface area contributed by atoms with Gasteiger partial charge in [0.25, 0.3) is 0 Å². The van der Waals surface area contributed by atoms with E-state index in [0.29, 0.717) is 6.04 Å². The zero-order valence-corrected chi connectivity index (χ0v) is 21.2. The standard InChI is InChI=1S/C25H36N6OS/c1-16-15-33-23-21(16)22(27-24(2)10-11-24)28-25(26,29-23)17-6-7-19(20(14-17)32-5)31-12-8-18(9-13-31)30(3)4/h6-7,14-15,18,29H,8-13,26H2,1-5H3,(H,27,28). The molecule has 1 atom stereocenters. The number of fused-ring (bicyclic) bond motifs is 1. The summed E-state index contributed by atoms with van der Waals surface area (Å²) in [5, 5.41) is 10.4. The fourth-order valence-corrected chi connectivity index (χ4v) is 5.89. The van der Waals surface area contributed by atoms with E-state index in [9.17, 15) is 0 Å². The predicted molar refractivity (Wildman–Crippen MR) is 138 cm³/mol. The highest BCUT2D eigenvalue weighted by Gasteiger charge is 2.42. The number of anilines is 2. The van der Waals surface area contributed by atoms with Crippen LogP contribution in [0.15, 0.2) is 28.6 Å². The van der Waals surface area contributed by atoms with E-state index in [0.717, 1.165) is 72.2 Å². The van der Waals surface area contributed by atoms with Crippen LogP contribution in [0.1, 0.15) is 49.3 Å². The Morgan fingerprint density at radius 3 is 2.64 bits per heavy atom. The van der Waals surface area contributed by atoms with Gasteiger partial charge in [0, 0.05) is 30.2 Å². The first-order valence-electron chi connectivity index (χ1n) is 11.8. The number of hydrogen-bond donors (Lipinski definition) is 3. The maximum absolute atomic E-state index is 6.93. The third kappa shape index (κ3) is 4.20. The number of benzene rings is 1. The van der Waals surface area contributed by atoms with Crippen LogP contribution >= 0.6 is 11.3 Å². The van der Waals surface area contributed by atoms with Crippen molar-refractivity contribution < 1.29 is 4.74 Å². The summed E-state index contributed by atoms with van der Waals surface area (Å²) in [7, 11) is 6.07. The maximum Gasteiger partial charge on any atom is 0.212 e. The van der Waals surface area contributed by atoms with Crippen molar-refractivity contribution in [2.24, 2.45) is 10.7 Å². The molecule has 7 nitrogen and oxygen atoms in total. The van der Waals surface area contributed by atoms with E-state index in [2.05, 4.69) is 65.9 Å². The zero-order chi connectivity index (χ0) is 23.4. The molecule has 1 aromatic carbocycles. The van der Waals surface area contributed by atoms with E-state index in [-0.39, 0.29) is 5.54 Å². The second-order valence-electron chi connectivity index (χ2n) is 10.2. The Hall–Kier alpha value is -2.29. The largest absolute Gasteiger partial charge is 0.495 e. The van der Waals surface area contributed by atoms with Crippen LogP contribution in [0.3, 0.4) is 0 Å². The molecule has 0 spiro atoms. The molecule has 3 heterocycles. The van der Waals surface area contributed by atoms with Crippen LogP contribution in [-0.4, -0.2) is 56.6 Å². The molecule has 1 aromatic heterocycles. The number of nitrogens with two attached hydrogens (primary N) is 1. The first-order chi connectivity index (χ1) is 15.7. The highest BCUT2D eigenvalue weighted by atomic mass is 32.1. The van der Waals surface area contributed by atoms with Gasteiger partial charge in [-0.05, 0) is 76.7 Å². The lowest BCUT2D eigenvalue weighted by Gasteiger charge is -2.38. The molecule has 178 valence electrons. The molecule has 2 fully saturated rings. The number of hydrogen-bond acceptors (Lipinski definition) is 8. The van der Waals surface area contributed by atoms with Crippen LogP contribution in [0.25, 0.3) is 0 Å². The average molecular weight is 469 g/mol. The summed E-state index contributed by atoms with van der Waals surface area (Å²) >= 11 is 1.68. The molecule has 1 unspecified atom stereocenters. The number of aryl methyl sites for hydroxylation is 1. The number of aliphatic imine (C=N–C) groups is 1. The summed E-state index contributed by atoms with van der Waals surface area (Å²) in [6.07, 6.45) is 4.61. The van der Waals surface area contributed by atoms with Gasteiger partial charge < -0.3 is 25.2 Å². The molecular formula is C25H36N6OS. The highest BCUT2D eigenvalue weighted by molar-refractivity contribution is 7.14. The summed E-state index contributed by atoms with van der Waals surface area (Å²) in [5.74, 6) is 0.676. The first kappa shape index (κ1) is 22.5. The van der Waals surface area contributed by atoms with Crippen LogP contribution in [0.5, 0.6) is 5.75 Å². The Morgan fingerprint density at radius 2 is 2.00 bits per heavy atom. The topological polar surface area (TPSA) is 78.1 Å². The fourth-order valence-electron chi connectivity index (χ4n) is 4.89. The van der Waals surface area contributed by atoms with Crippen LogP contribution in [0.4, 0.5) is 10.7 Å². The van der Waals surface area contributed by atoms with Gasteiger partial charge in [-0.15, -0.1) is 11.3 Å². The number of methoxy groups -OCH3 is 1. The van der Waals surface area contributed by atoms with Gasteiger partial charge in [-0.3, -0.25) is 5.73 Å². The summed E-state index contributed by atoms with van der Waals surface area (Å²) in [6.45, 7) is 6.42. The van der Waals surface area contributed by atoms with Crippen LogP contribution < -0.4 is 26.0 Å². The minimum atomic E-state index is -1.05. The van der Waals surface area contributed by atoms with E-state index in [4.69, 9.17) is 15.5 Å². The van der Waals surface area contributed by atoms with Crippen molar-refractivity contribution in [2.45, 2.75) is 56.9 Å². The number of nitrogens with zero attached hydrogens (tertiary/aromatic N) is 3. The Kier molecular flexibility index (Phi) is 5.58. The number of amidine groups is 1. The smallest absolute Gasteiger partial charge is 0.212 e. The van der Waals surface area contributed by atoms with Crippen LogP contribution in [0, 0.1) is 6.92 Å². The summed E-state index contributed by atoms with van der Waals surface area (Å²) in [4.78, 5) is 9.79. The zero-order valence-electron chi connectivity index (χ0n) is 20.4. The molecule has 1 saturated carbocycles. The van der Waals surface area contributed by atoms with E-state index in [1.807, 2.05) is 6.07 Å². The van der Waals surface area contributed by atoms with Crippen molar-refractivity contribution in [1.29, 1.82) is 0 Å². The second-order valence-corrected chi connectivity index (χ2v) is 11.1. The van der Waals surface area contributed by atoms with Crippen molar-refractivity contribution in [3.05, 3.63) is 40.3 Å². The second kappa shape index (κ2) is 8.18. The Bertz CT molecular complexity index is 1070.